The van der Waals surface area contributed by atoms with Gasteiger partial charge in [-0.05, 0) is 48.4 Å². The molecule has 1 amide bonds. The second-order valence-corrected chi connectivity index (χ2v) is 10.0. The summed E-state index contributed by atoms with van der Waals surface area (Å²) in [5, 5.41) is 0. The Morgan fingerprint density at radius 2 is 1.62 bits per heavy atom. The number of aryl methyl sites for hydroxylation is 1. The van der Waals surface area contributed by atoms with Gasteiger partial charge in [0.25, 0.3) is 0 Å². The van der Waals surface area contributed by atoms with Crippen molar-refractivity contribution in [2.75, 3.05) is 57.4 Å². The first-order valence-electron chi connectivity index (χ1n) is 10.9. The summed E-state index contributed by atoms with van der Waals surface area (Å²) in [4.78, 5) is 17.0. The van der Waals surface area contributed by atoms with Gasteiger partial charge in [0, 0.05) is 51.0 Å². The molecule has 0 aliphatic carbocycles. The topological polar surface area (TPSA) is 70.2 Å². The summed E-state index contributed by atoms with van der Waals surface area (Å²) in [5.74, 6) is -0.0288. The zero-order valence-corrected chi connectivity index (χ0v) is 19.1. The molecule has 2 aromatic rings. The summed E-state index contributed by atoms with van der Waals surface area (Å²) in [6.07, 6.45) is 3.30. The van der Waals surface area contributed by atoms with Gasteiger partial charge in [-0.15, -0.1) is 0 Å². The SMILES string of the molecule is Cc1cccc(N2CCN(C(=O)/C=C/c3ccc(S(=O)(=O)N4CCOCC4)cc3)CC2)c1. The van der Waals surface area contributed by atoms with E-state index < -0.39 is 10.0 Å². The van der Waals surface area contributed by atoms with Gasteiger partial charge in [-0.3, -0.25) is 4.79 Å². The Morgan fingerprint density at radius 3 is 2.28 bits per heavy atom. The van der Waals surface area contributed by atoms with E-state index in [9.17, 15) is 13.2 Å². The largest absolute Gasteiger partial charge is 0.379 e. The minimum absolute atomic E-state index is 0.0288. The van der Waals surface area contributed by atoms with E-state index in [4.69, 9.17) is 4.74 Å². The molecule has 0 saturated carbocycles. The maximum absolute atomic E-state index is 12.7. The minimum Gasteiger partial charge on any atom is -0.379 e. The number of hydrogen-bond acceptors (Lipinski definition) is 5. The van der Waals surface area contributed by atoms with Crippen molar-refractivity contribution in [2.45, 2.75) is 11.8 Å². The number of nitrogens with zero attached hydrogens (tertiary/aromatic N) is 3. The first-order valence-corrected chi connectivity index (χ1v) is 12.3. The van der Waals surface area contributed by atoms with Crippen LogP contribution in [0, 0.1) is 6.92 Å². The predicted molar refractivity (Wildman–Crippen MR) is 125 cm³/mol. The number of benzene rings is 2. The lowest BCUT2D eigenvalue weighted by Gasteiger charge is -2.35. The number of carbonyl (C=O) groups is 1. The Labute approximate surface area is 189 Å². The molecule has 0 atom stereocenters. The van der Waals surface area contributed by atoms with Gasteiger partial charge in [0.15, 0.2) is 0 Å². The second kappa shape index (κ2) is 9.85. The Hall–Kier alpha value is -2.68. The average molecular weight is 456 g/mol. The molecular weight excluding hydrogens is 426 g/mol. The van der Waals surface area contributed by atoms with Gasteiger partial charge in [0.2, 0.25) is 15.9 Å². The number of anilines is 1. The van der Waals surface area contributed by atoms with Crippen LogP contribution in [0.25, 0.3) is 6.08 Å². The van der Waals surface area contributed by atoms with Crippen LogP contribution in [0.15, 0.2) is 59.5 Å². The number of sulfonamides is 1. The third-order valence-electron chi connectivity index (χ3n) is 5.86. The quantitative estimate of drug-likeness (QED) is 0.648. The fourth-order valence-corrected chi connectivity index (χ4v) is 5.38. The predicted octanol–water partition coefficient (Wildman–Crippen LogP) is 2.38. The zero-order valence-electron chi connectivity index (χ0n) is 18.3. The van der Waals surface area contributed by atoms with Crippen LogP contribution < -0.4 is 4.90 Å². The van der Waals surface area contributed by atoms with Crippen molar-refractivity contribution < 1.29 is 17.9 Å². The Morgan fingerprint density at radius 1 is 0.938 bits per heavy atom. The standard InChI is InChI=1S/C24H29N3O4S/c1-20-3-2-4-22(19-20)25-11-13-26(14-12-25)24(28)10-7-21-5-8-23(9-6-21)32(29,30)27-15-17-31-18-16-27/h2-10,19H,11-18H2,1H3/b10-7+. The van der Waals surface area contributed by atoms with E-state index in [-0.39, 0.29) is 10.8 Å². The van der Waals surface area contributed by atoms with E-state index >= 15 is 0 Å². The van der Waals surface area contributed by atoms with Crippen LogP contribution in [0.1, 0.15) is 11.1 Å². The van der Waals surface area contributed by atoms with E-state index in [0.717, 1.165) is 18.7 Å². The molecule has 0 aromatic heterocycles. The molecule has 7 nitrogen and oxygen atoms in total. The summed E-state index contributed by atoms with van der Waals surface area (Å²) in [6.45, 7) is 6.61. The fraction of sp³-hybridized carbons (Fsp3) is 0.375. The van der Waals surface area contributed by atoms with Crippen LogP contribution in [0.3, 0.4) is 0 Å². The molecule has 4 rings (SSSR count). The van der Waals surface area contributed by atoms with Crippen LogP contribution >= 0.6 is 0 Å². The molecule has 0 bridgehead atoms. The molecule has 0 radical (unpaired) electrons. The molecular formula is C24H29N3O4S. The molecule has 2 aliphatic rings. The first kappa shape index (κ1) is 22.5. The highest BCUT2D eigenvalue weighted by Crippen LogP contribution is 2.19. The van der Waals surface area contributed by atoms with E-state index in [2.05, 4.69) is 36.1 Å². The monoisotopic (exact) mass is 455 g/mol. The zero-order chi connectivity index (χ0) is 22.6. The van der Waals surface area contributed by atoms with Crippen molar-refractivity contribution in [1.29, 1.82) is 0 Å². The highest BCUT2D eigenvalue weighted by molar-refractivity contribution is 7.89. The maximum Gasteiger partial charge on any atom is 0.246 e. The van der Waals surface area contributed by atoms with Crippen molar-refractivity contribution in [3.8, 4) is 0 Å². The molecule has 2 saturated heterocycles. The van der Waals surface area contributed by atoms with Crippen molar-refractivity contribution in [1.82, 2.24) is 9.21 Å². The van der Waals surface area contributed by atoms with Crippen molar-refractivity contribution in [3.05, 3.63) is 65.7 Å². The van der Waals surface area contributed by atoms with Crippen LogP contribution in [0.4, 0.5) is 5.69 Å². The van der Waals surface area contributed by atoms with Gasteiger partial charge in [-0.25, -0.2) is 8.42 Å². The number of ether oxygens (including phenoxy) is 1. The maximum atomic E-state index is 12.7. The van der Waals surface area contributed by atoms with Crippen LogP contribution in [0.2, 0.25) is 0 Å². The van der Waals surface area contributed by atoms with Crippen molar-refractivity contribution >= 4 is 27.7 Å². The number of amides is 1. The highest BCUT2D eigenvalue weighted by Gasteiger charge is 2.26. The lowest BCUT2D eigenvalue weighted by Crippen LogP contribution is -2.48. The Balaban J connectivity index is 1.33. The molecule has 0 unspecified atom stereocenters. The molecule has 0 N–H and O–H groups in total. The summed E-state index contributed by atoms with van der Waals surface area (Å²) in [6, 6.07) is 15.1. The van der Waals surface area contributed by atoms with Crippen LogP contribution in [-0.2, 0) is 19.6 Å². The molecule has 2 aromatic carbocycles. The van der Waals surface area contributed by atoms with Crippen LogP contribution in [0.5, 0.6) is 0 Å². The third-order valence-corrected chi connectivity index (χ3v) is 7.78. The van der Waals surface area contributed by atoms with Crippen molar-refractivity contribution in [3.63, 3.8) is 0 Å². The molecule has 8 heteroatoms. The molecule has 2 fully saturated rings. The van der Waals surface area contributed by atoms with E-state index in [1.165, 1.54) is 15.6 Å². The van der Waals surface area contributed by atoms with Gasteiger partial charge >= 0.3 is 0 Å². The first-order chi connectivity index (χ1) is 15.4. The Bertz CT molecular complexity index is 1070. The highest BCUT2D eigenvalue weighted by atomic mass is 32.2. The average Bonchev–Trinajstić information content (AvgIpc) is 2.83. The molecule has 2 heterocycles. The summed E-state index contributed by atoms with van der Waals surface area (Å²) in [7, 11) is -3.51. The van der Waals surface area contributed by atoms with E-state index in [1.807, 2.05) is 4.90 Å². The van der Waals surface area contributed by atoms with Gasteiger partial charge in [0.05, 0.1) is 18.1 Å². The van der Waals surface area contributed by atoms with Gasteiger partial charge in [-0.2, -0.15) is 4.31 Å². The van der Waals surface area contributed by atoms with Gasteiger partial charge < -0.3 is 14.5 Å². The lowest BCUT2D eigenvalue weighted by molar-refractivity contribution is -0.126. The molecule has 2 aliphatic heterocycles. The molecule has 170 valence electrons. The summed E-state index contributed by atoms with van der Waals surface area (Å²) in [5.41, 5.74) is 3.21. The number of morpholine rings is 1. The van der Waals surface area contributed by atoms with Crippen LogP contribution in [-0.4, -0.2) is 76.0 Å². The van der Waals surface area contributed by atoms with Gasteiger partial charge in [0.1, 0.15) is 0 Å². The third kappa shape index (κ3) is 5.20. The fourth-order valence-electron chi connectivity index (χ4n) is 3.97. The number of rotatable bonds is 5. The summed E-state index contributed by atoms with van der Waals surface area (Å²) < 4.78 is 32.1. The number of hydrogen-bond donors (Lipinski definition) is 0. The van der Waals surface area contributed by atoms with E-state index in [1.54, 1.807) is 36.4 Å². The second-order valence-electron chi connectivity index (χ2n) is 8.07. The van der Waals surface area contributed by atoms with Crippen molar-refractivity contribution in [2.24, 2.45) is 0 Å². The molecule has 32 heavy (non-hydrogen) atoms. The van der Waals surface area contributed by atoms with Gasteiger partial charge in [-0.1, -0.05) is 24.3 Å². The molecule has 0 spiro atoms. The number of piperazine rings is 1. The number of carbonyl (C=O) groups excluding carboxylic acids is 1. The Kier molecular flexibility index (Phi) is 6.93. The lowest BCUT2D eigenvalue weighted by atomic mass is 10.2. The van der Waals surface area contributed by atoms with E-state index in [0.29, 0.717) is 39.4 Å². The minimum atomic E-state index is -3.51. The normalized spacial score (nSPS) is 18.3. The smallest absolute Gasteiger partial charge is 0.246 e. The summed E-state index contributed by atoms with van der Waals surface area (Å²) >= 11 is 0.